The van der Waals surface area contributed by atoms with E-state index in [4.69, 9.17) is 4.42 Å². The van der Waals surface area contributed by atoms with Crippen LogP contribution in [-0.2, 0) is 9.59 Å². The van der Waals surface area contributed by atoms with Crippen molar-refractivity contribution in [2.45, 2.75) is 38.8 Å². The third kappa shape index (κ3) is 5.80. The number of rotatable bonds is 6. The van der Waals surface area contributed by atoms with Crippen molar-refractivity contribution in [1.29, 1.82) is 0 Å². The maximum absolute atomic E-state index is 14.2. The van der Waals surface area contributed by atoms with Crippen molar-refractivity contribution in [2.75, 3.05) is 42.9 Å². The second-order valence-electron chi connectivity index (χ2n) is 13.2. The molecule has 1 aliphatic carbocycles. The minimum absolute atomic E-state index is 0.0459. The molecule has 3 aromatic carbocycles. The lowest BCUT2D eigenvalue weighted by Gasteiger charge is -2.41. The molecular weight excluding hydrogens is 560 g/mol. The van der Waals surface area contributed by atoms with Crippen molar-refractivity contribution in [3.05, 3.63) is 131 Å². The Balaban J connectivity index is 1.17. The molecule has 7 heteroatoms. The quantitative estimate of drug-likeness (QED) is 0.262. The first-order chi connectivity index (χ1) is 21.9. The van der Waals surface area contributed by atoms with Crippen LogP contribution in [0.4, 0.5) is 11.4 Å². The van der Waals surface area contributed by atoms with E-state index in [1.54, 1.807) is 6.26 Å². The lowest BCUT2D eigenvalue weighted by Crippen LogP contribution is -2.52. The molecule has 0 saturated carbocycles. The third-order valence-electron chi connectivity index (χ3n) is 9.39. The Bertz CT molecular complexity index is 1650. The van der Waals surface area contributed by atoms with Crippen LogP contribution in [0.5, 0.6) is 0 Å². The standard InChI is InChI=1S/C38H40N4O3/c1-38(2)24-30-35(32(43)25-38)37(33-18-11-23-45-33)42(31-17-10-9-16-29(31)39-30)26-34(44)40-19-21-41(22-20-40)36(27-12-5-3-6-13-27)28-14-7-4-8-15-28/h3-18,23,36-37,39H,19-22,24-26H2,1-2H3. The van der Waals surface area contributed by atoms with Crippen LogP contribution in [0, 0.1) is 5.41 Å². The number of allylic oxidation sites excluding steroid dienone is 1. The molecule has 1 saturated heterocycles. The average molecular weight is 601 g/mol. The molecule has 3 heterocycles. The highest BCUT2D eigenvalue weighted by Gasteiger charge is 2.43. The largest absolute Gasteiger partial charge is 0.467 e. The van der Waals surface area contributed by atoms with E-state index in [9.17, 15) is 9.59 Å². The Labute approximate surface area is 265 Å². The Kier molecular flexibility index (Phi) is 7.80. The van der Waals surface area contributed by atoms with E-state index in [1.807, 2.05) is 41.3 Å². The minimum Gasteiger partial charge on any atom is -0.467 e. The van der Waals surface area contributed by atoms with Gasteiger partial charge in [-0.05, 0) is 47.2 Å². The van der Waals surface area contributed by atoms with E-state index in [1.165, 1.54) is 11.1 Å². The fourth-order valence-corrected chi connectivity index (χ4v) is 7.33. The number of furan rings is 1. The van der Waals surface area contributed by atoms with Gasteiger partial charge in [0.1, 0.15) is 11.8 Å². The molecule has 4 aromatic rings. The van der Waals surface area contributed by atoms with Gasteiger partial charge in [0.05, 0.1) is 30.2 Å². The second-order valence-corrected chi connectivity index (χ2v) is 13.2. The number of para-hydroxylation sites is 2. The number of carbonyl (C=O) groups is 2. The molecule has 1 fully saturated rings. The van der Waals surface area contributed by atoms with Crippen molar-refractivity contribution in [3.63, 3.8) is 0 Å². The molecule has 7 rings (SSSR count). The molecule has 3 aliphatic rings. The van der Waals surface area contributed by atoms with Crippen molar-refractivity contribution >= 4 is 23.1 Å². The minimum atomic E-state index is -0.500. The van der Waals surface area contributed by atoms with E-state index < -0.39 is 6.04 Å². The first kappa shape index (κ1) is 29.1. The molecule has 0 bridgehead atoms. The van der Waals surface area contributed by atoms with E-state index in [-0.39, 0.29) is 29.7 Å². The lowest BCUT2D eigenvalue weighted by atomic mass is 9.74. The number of carbonyl (C=O) groups excluding carboxylic acids is 2. The topological polar surface area (TPSA) is 69.0 Å². The molecule has 7 nitrogen and oxygen atoms in total. The van der Waals surface area contributed by atoms with Crippen LogP contribution >= 0.6 is 0 Å². The van der Waals surface area contributed by atoms with Gasteiger partial charge in [-0.25, -0.2) is 0 Å². The average Bonchev–Trinajstić information content (AvgIpc) is 3.54. The summed E-state index contributed by atoms with van der Waals surface area (Å²) in [7, 11) is 0. The molecule has 230 valence electrons. The Hall–Kier alpha value is -4.62. The summed E-state index contributed by atoms with van der Waals surface area (Å²) < 4.78 is 5.99. The maximum Gasteiger partial charge on any atom is 0.242 e. The summed E-state index contributed by atoms with van der Waals surface area (Å²) in [4.78, 5) is 34.6. The number of piperazine rings is 1. The van der Waals surface area contributed by atoms with E-state index in [0.717, 1.165) is 36.6 Å². The van der Waals surface area contributed by atoms with Gasteiger partial charge in [-0.3, -0.25) is 14.5 Å². The molecule has 1 N–H and O–H groups in total. The molecule has 2 aliphatic heterocycles. The predicted molar refractivity (Wildman–Crippen MR) is 177 cm³/mol. The number of ketones is 1. The van der Waals surface area contributed by atoms with Crippen LogP contribution in [0.1, 0.15) is 55.7 Å². The molecule has 1 atom stereocenters. The summed E-state index contributed by atoms with van der Waals surface area (Å²) in [6.07, 6.45) is 2.84. The highest BCUT2D eigenvalue weighted by molar-refractivity contribution is 6.01. The molecule has 0 radical (unpaired) electrons. The third-order valence-corrected chi connectivity index (χ3v) is 9.39. The van der Waals surface area contributed by atoms with Crippen LogP contribution in [-0.4, -0.2) is 54.2 Å². The molecule has 1 aromatic heterocycles. The lowest BCUT2D eigenvalue weighted by molar-refractivity contribution is -0.132. The second kappa shape index (κ2) is 12.1. The van der Waals surface area contributed by atoms with Crippen LogP contribution in [0.3, 0.4) is 0 Å². The van der Waals surface area contributed by atoms with Gasteiger partial charge < -0.3 is 19.5 Å². The Morgan fingerprint density at radius 1 is 0.844 bits per heavy atom. The van der Waals surface area contributed by atoms with E-state index in [0.29, 0.717) is 30.8 Å². The van der Waals surface area contributed by atoms with Gasteiger partial charge in [0, 0.05) is 43.9 Å². The van der Waals surface area contributed by atoms with E-state index >= 15 is 0 Å². The predicted octanol–water partition coefficient (Wildman–Crippen LogP) is 6.83. The monoisotopic (exact) mass is 600 g/mol. The zero-order valence-electron chi connectivity index (χ0n) is 26.0. The SMILES string of the molecule is CC1(C)CC(=O)C2=C(C1)Nc1ccccc1N(CC(=O)N1CCN(C(c3ccccc3)c3ccccc3)CC1)C2c1ccco1. The highest BCUT2D eigenvalue weighted by atomic mass is 16.3. The number of nitrogens with zero attached hydrogens (tertiary/aromatic N) is 3. The normalized spacial score (nSPS) is 20.0. The molecule has 45 heavy (non-hydrogen) atoms. The van der Waals surface area contributed by atoms with Crippen molar-refractivity contribution in [2.24, 2.45) is 5.41 Å². The van der Waals surface area contributed by atoms with E-state index in [2.05, 4.69) is 89.6 Å². The fraction of sp³-hybridized carbons (Fsp3) is 0.316. The molecule has 1 unspecified atom stereocenters. The maximum atomic E-state index is 14.2. The van der Waals surface area contributed by atoms with Gasteiger partial charge in [-0.15, -0.1) is 0 Å². The van der Waals surface area contributed by atoms with Crippen LogP contribution in [0.2, 0.25) is 0 Å². The zero-order chi connectivity index (χ0) is 31.0. The van der Waals surface area contributed by atoms with Gasteiger partial charge in [-0.2, -0.15) is 0 Å². The number of Topliss-reactive ketones (excluding diaryl/α,β-unsaturated/α-hetero) is 1. The fourth-order valence-electron chi connectivity index (χ4n) is 7.33. The zero-order valence-corrected chi connectivity index (χ0v) is 26.0. The number of amides is 1. The number of hydrogen-bond acceptors (Lipinski definition) is 6. The molecular formula is C38H40N4O3. The summed E-state index contributed by atoms with van der Waals surface area (Å²) in [5.74, 6) is 0.812. The summed E-state index contributed by atoms with van der Waals surface area (Å²) in [6.45, 7) is 7.21. The van der Waals surface area contributed by atoms with Crippen LogP contribution < -0.4 is 10.2 Å². The summed E-state index contributed by atoms with van der Waals surface area (Å²) in [5, 5.41) is 3.62. The first-order valence-corrected chi connectivity index (χ1v) is 15.9. The number of benzene rings is 3. The Morgan fingerprint density at radius 3 is 2.13 bits per heavy atom. The summed E-state index contributed by atoms with van der Waals surface area (Å²) in [5.41, 5.74) is 5.75. The summed E-state index contributed by atoms with van der Waals surface area (Å²) >= 11 is 0. The van der Waals surface area contributed by atoms with Crippen molar-refractivity contribution < 1.29 is 14.0 Å². The number of nitrogens with one attached hydrogen (secondary N) is 1. The highest BCUT2D eigenvalue weighted by Crippen LogP contribution is 2.48. The van der Waals surface area contributed by atoms with Crippen molar-refractivity contribution in [1.82, 2.24) is 9.80 Å². The van der Waals surface area contributed by atoms with Gasteiger partial charge in [-0.1, -0.05) is 86.6 Å². The van der Waals surface area contributed by atoms with Gasteiger partial charge >= 0.3 is 0 Å². The van der Waals surface area contributed by atoms with Crippen LogP contribution in [0.25, 0.3) is 0 Å². The van der Waals surface area contributed by atoms with Gasteiger partial charge in [0.25, 0.3) is 0 Å². The first-order valence-electron chi connectivity index (χ1n) is 15.9. The smallest absolute Gasteiger partial charge is 0.242 e. The molecule has 1 amide bonds. The van der Waals surface area contributed by atoms with Gasteiger partial charge in [0.2, 0.25) is 5.91 Å². The van der Waals surface area contributed by atoms with Crippen molar-refractivity contribution in [3.8, 4) is 0 Å². The number of hydrogen-bond donors (Lipinski definition) is 1. The number of anilines is 2. The number of fused-ring (bicyclic) bond motifs is 1. The summed E-state index contributed by atoms with van der Waals surface area (Å²) in [6, 6.07) is 32.6. The van der Waals surface area contributed by atoms with Crippen LogP contribution in [0.15, 0.2) is 119 Å². The Morgan fingerprint density at radius 2 is 1.49 bits per heavy atom. The molecule has 0 spiro atoms. The van der Waals surface area contributed by atoms with Gasteiger partial charge in [0.15, 0.2) is 5.78 Å².